The molecule has 0 fully saturated rings. The van der Waals surface area contributed by atoms with Crippen LogP contribution >= 0.6 is 11.3 Å². The SMILES string of the molecule is CCCCOCCCNC(=NC)NCc1ccc(CC)s1. The summed E-state index contributed by atoms with van der Waals surface area (Å²) >= 11 is 1.86. The number of aryl methyl sites for hydroxylation is 1. The zero-order valence-electron chi connectivity index (χ0n) is 13.6. The van der Waals surface area contributed by atoms with Crippen LogP contribution in [0, 0.1) is 0 Å². The first-order chi connectivity index (χ1) is 10.3. The topological polar surface area (TPSA) is 45.6 Å². The molecule has 0 unspecified atom stereocenters. The quantitative estimate of drug-likeness (QED) is 0.396. The van der Waals surface area contributed by atoms with Crippen molar-refractivity contribution in [3.05, 3.63) is 21.9 Å². The van der Waals surface area contributed by atoms with Gasteiger partial charge in [0.2, 0.25) is 0 Å². The minimum Gasteiger partial charge on any atom is -0.381 e. The lowest BCUT2D eigenvalue weighted by atomic mass is 10.3. The summed E-state index contributed by atoms with van der Waals surface area (Å²) in [5.41, 5.74) is 0. The van der Waals surface area contributed by atoms with E-state index in [4.69, 9.17) is 4.74 Å². The highest BCUT2D eigenvalue weighted by Gasteiger charge is 2.01. The second-order valence-electron chi connectivity index (χ2n) is 4.89. The average molecular weight is 311 g/mol. The lowest BCUT2D eigenvalue weighted by molar-refractivity contribution is 0.129. The molecule has 0 amide bonds. The third kappa shape index (κ3) is 8.07. The predicted octanol–water partition coefficient (Wildman–Crippen LogP) is 3.18. The summed E-state index contributed by atoms with van der Waals surface area (Å²) in [6.07, 6.45) is 4.45. The first-order valence-electron chi connectivity index (χ1n) is 7.90. The van der Waals surface area contributed by atoms with Gasteiger partial charge in [0, 0.05) is 36.6 Å². The smallest absolute Gasteiger partial charge is 0.191 e. The fraction of sp³-hybridized carbons (Fsp3) is 0.688. The van der Waals surface area contributed by atoms with E-state index >= 15 is 0 Å². The molecule has 1 aromatic heterocycles. The van der Waals surface area contributed by atoms with E-state index < -0.39 is 0 Å². The van der Waals surface area contributed by atoms with Crippen LogP contribution in [0.5, 0.6) is 0 Å². The molecule has 21 heavy (non-hydrogen) atoms. The minimum absolute atomic E-state index is 0.814. The van der Waals surface area contributed by atoms with E-state index in [2.05, 4.69) is 41.6 Å². The van der Waals surface area contributed by atoms with E-state index in [1.807, 2.05) is 11.3 Å². The number of rotatable bonds is 10. The molecule has 1 rings (SSSR count). The lowest BCUT2D eigenvalue weighted by Gasteiger charge is -2.11. The Morgan fingerprint density at radius 1 is 1.14 bits per heavy atom. The zero-order chi connectivity index (χ0) is 15.3. The molecule has 0 aliphatic carbocycles. The summed E-state index contributed by atoms with van der Waals surface area (Å²) in [5, 5.41) is 6.66. The van der Waals surface area contributed by atoms with Crippen molar-refractivity contribution in [3.63, 3.8) is 0 Å². The Morgan fingerprint density at radius 2 is 1.90 bits per heavy atom. The molecular formula is C16H29N3OS. The fourth-order valence-electron chi connectivity index (χ4n) is 1.83. The molecule has 0 aliphatic rings. The molecule has 4 nitrogen and oxygen atoms in total. The third-order valence-electron chi connectivity index (χ3n) is 3.12. The normalized spacial score (nSPS) is 11.7. The van der Waals surface area contributed by atoms with Gasteiger partial charge in [-0.3, -0.25) is 4.99 Å². The summed E-state index contributed by atoms with van der Waals surface area (Å²) in [6, 6.07) is 4.39. The van der Waals surface area contributed by atoms with Gasteiger partial charge in [0.15, 0.2) is 5.96 Å². The molecule has 0 spiro atoms. The number of guanidine groups is 1. The lowest BCUT2D eigenvalue weighted by Crippen LogP contribution is -2.37. The van der Waals surface area contributed by atoms with Gasteiger partial charge in [-0.2, -0.15) is 0 Å². The maximum absolute atomic E-state index is 5.54. The van der Waals surface area contributed by atoms with Crippen LogP contribution in [0.15, 0.2) is 17.1 Å². The van der Waals surface area contributed by atoms with E-state index in [0.29, 0.717) is 0 Å². The molecule has 2 N–H and O–H groups in total. The van der Waals surface area contributed by atoms with Crippen molar-refractivity contribution in [2.45, 2.75) is 46.1 Å². The van der Waals surface area contributed by atoms with E-state index in [1.54, 1.807) is 7.05 Å². The van der Waals surface area contributed by atoms with Gasteiger partial charge in [0.05, 0.1) is 6.54 Å². The van der Waals surface area contributed by atoms with Crippen LogP contribution in [0.4, 0.5) is 0 Å². The van der Waals surface area contributed by atoms with Gasteiger partial charge in [-0.05, 0) is 31.4 Å². The number of ether oxygens (including phenoxy) is 1. The Bertz CT molecular complexity index is 404. The molecule has 0 atom stereocenters. The number of nitrogens with zero attached hydrogens (tertiary/aromatic N) is 1. The average Bonchev–Trinajstić information content (AvgIpc) is 2.97. The molecule has 0 saturated heterocycles. The number of nitrogens with one attached hydrogen (secondary N) is 2. The van der Waals surface area contributed by atoms with Crippen LogP contribution in [0.2, 0.25) is 0 Å². The number of hydrogen-bond acceptors (Lipinski definition) is 3. The first-order valence-corrected chi connectivity index (χ1v) is 8.71. The van der Waals surface area contributed by atoms with Gasteiger partial charge in [0.25, 0.3) is 0 Å². The molecule has 0 radical (unpaired) electrons. The highest BCUT2D eigenvalue weighted by atomic mass is 32.1. The number of aliphatic imine (C=N–C) groups is 1. The summed E-state index contributed by atoms with van der Waals surface area (Å²) < 4.78 is 5.54. The van der Waals surface area contributed by atoms with Crippen LogP contribution in [0.1, 0.15) is 42.9 Å². The van der Waals surface area contributed by atoms with E-state index in [-0.39, 0.29) is 0 Å². The Labute approximate surface area is 133 Å². The maximum Gasteiger partial charge on any atom is 0.191 e. The van der Waals surface area contributed by atoms with E-state index in [0.717, 1.165) is 51.5 Å². The zero-order valence-corrected chi connectivity index (χ0v) is 14.4. The Kier molecular flexibility index (Phi) is 9.91. The van der Waals surface area contributed by atoms with Crippen molar-refractivity contribution in [1.29, 1.82) is 0 Å². The standard InChI is InChI=1S/C16H29N3OS/c1-4-6-11-20-12-7-10-18-16(17-3)19-13-15-9-8-14(5-2)21-15/h8-9H,4-7,10-13H2,1-3H3,(H2,17,18,19). The van der Waals surface area contributed by atoms with Crippen molar-refractivity contribution in [1.82, 2.24) is 10.6 Å². The van der Waals surface area contributed by atoms with Crippen LogP contribution < -0.4 is 10.6 Å². The van der Waals surface area contributed by atoms with Crippen LogP contribution in [0.25, 0.3) is 0 Å². The van der Waals surface area contributed by atoms with Gasteiger partial charge in [0.1, 0.15) is 0 Å². The molecular weight excluding hydrogens is 282 g/mol. The van der Waals surface area contributed by atoms with Crippen molar-refractivity contribution in [2.24, 2.45) is 4.99 Å². The second-order valence-corrected chi connectivity index (χ2v) is 6.15. The minimum atomic E-state index is 0.814. The largest absolute Gasteiger partial charge is 0.381 e. The molecule has 5 heteroatoms. The Hall–Kier alpha value is -1.07. The number of thiophene rings is 1. The molecule has 0 bridgehead atoms. The van der Waals surface area contributed by atoms with Gasteiger partial charge >= 0.3 is 0 Å². The third-order valence-corrected chi connectivity index (χ3v) is 4.35. The second kappa shape index (κ2) is 11.6. The summed E-state index contributed by atoms with van der Waals surface area (Å²) in [7, 11) is 1.80. The molecule has 0 aromatic carbocycles. The Morgan fingerprint density at radius 3 is 2.57 bits per heavy atom. The fourth-order valence-corrected chi connectivity index (χ4v) is 2.73. The molecule has 1 heterocycles. The maximum atomic E-state index is 5.54. The van der Waals surface area contributed by atoms with E-state index in [9.17, 15) is 0 Å². The van der Waals surface area contributed by atoms with Crippen LogP contribution in [-0.2, 0) is 17.7 Å². The summed E-state index contributed by atoms with van der Waals surface area (Å²) in [6.45, 7) is 7.77. The molecule has 120 valence electrons. The number of hydrogen-bond donors (Lipinski definition) is 2. The molecule has 0 saturated carbocycles. The van der Waals surface area contributed by atoms with Crippen LogP contribution in [-0.4, -0.2) is 32.8 Å². The van der Waals surface area contributed by atoms with Crippen LogP contribution in [0.3, 0.4) is 0 Å². The van der Waals surface area contributed by atoms with Gasteiger partial charge in [-0.15, -0.1) is 11.3 Å². The highest BCUT2D eigenvalue weighted by Crippen LogP contribution is 2.16. The monoisotopic (exact) mass is 311 g/mol. The van der Waals surface area contributed by atoms with Crippen molar-refractivity contribution in [2.75, 3.05) is 26.8 Å². The van der Waals surface area contributed by atoms with Gasteiger partial charge < -0.3 is 15.4 Å². The van der Waals surface area contributed by atoms with Crippen molar-refractivity contribution < 1.29 is 4.74 Å². The summed E-state index contributed by atoms with van der Waals surface area (Å²) in [5.74, 6) is 0.856. The molecule has 0 aliphatic heterocycles. The highest BCUT2D eigenvalue weighted by molar-refractivity contribution is 7.11. The predicted molar refractivity (Wildman–Crippen MR) is 92.2 cm³/mol. The summed E-state index contributed by atoms with van der Waals surface area (Å²) in [4.78, 5) is 7.01. The Balaban J connectivity index is 2.11. The van der Waals surface area contributed by atoms with E-state index in [1.165, 1.54) is 16.2 Å². The van der Waals surface area contributed by atoms with Crippen molar-refractivity contribution in [3.8, 4) is 0 Å². The number of unbranched alkanes of at least 4 members (excludes halogenated alkanes) is 1. The first kappa shape index (κ1) is 18.0. The molecule has 1 aromatic rings. The van der Waals surface area contributed by atoms with Gasteiger partial charge in [-0.25, -0.2) is 0 Å². The van der Waals surface area contributed by atoms with Gasteiger partial charge in [-0.1, -0.05) is 20.3 Å². The van der Waals surface area contributed by atoms with Crippen molar-refractivity contribution >= 4 is 17.3 Å².